The summed E-state index contributed by atoms with van der Waals surface area (Å²) in [7, 11) is 0. The number of carboxylic acids is 1. The van der Waals surface area contributed by atoms with Crippen LogP contribution < -0.4 is 5.73 Å². The third kappa shape index (κ3) is 8.33. The fourth-order valence-corrected chi connectivity index (χ4v) is 1.83. The van der Waals surface area contributed by atoms with E-state index < -0.39 is 18.5 Å². The normalized spacial score (nSPS) is 14.1. The van der Waals surface area contributed by atoms with Crippen LogP contribution in [0, 0.1) is 0 Å². The lowest BCUT2D eigenvalue weighted by atomic mass is 10.1. The van der Waals surface area contributed by atoms with Crippen molar-refractivity contribution in [3.8, 4) is 0 Å². The quantitative estimate of drug-likeness (QED) is 0.372. The van der Waals surface area contributed by atoms with Crippen LogP contribution in [0.25, 0.3) is 0 Å². The van der Waals surface area contributed by atoms with Gasteiger partial charge in [-0.2, -0.15) is 0 Å². The van der Waals surface area contributed by atoms with Crippen molar-refractivity contribution in [3.63, 3.8) is 0 Å². The molecular weight excluding hydrogens is 213 g/mol. The first kappa shape index (κ1) is 13.0. The van der Waals surface area contributed by atoms with Crippen LogP contribution in [0.3, 0.4) is 0 Å². The number of hydrogen-bond donors (Lipinski definition) is 4. The fraction of sp³-hybridized carbons (Fsp3) is 0.833. The van der Waals surface area contributed by atoms with Crippen molar-refractivity contribution < 1.29 is 19.7 Å². The summed E-state index contributed by atoms with van der Waals surface area (Å²) >= 11 is 4.39. The van der Waals surface area contributed by atoms with E-state index in [0.29, 0.717) is 19.3 Å². The smallest absolute Gasteiger partial charge is 0.320 e. The van der Waals surface area contributed by atoms with Crippen molar-refractivity contribution >= 4 is 24.3 Å². The minimum Gasteiger partial charge on any atom is -0.480 e. The molecule has 0 saturated carbocycles. The van der Waals surface area contributed by atoms with Crippen molar-refractivity contribution in [2.24, 2.45) is 5.73 Å². The van der Waals surface area contributed by atoms with Gasteiger partial charge in [0.25, 0.3) is 0 Å². The molecule has 0 unspecified atom stereocenters. The molecule has 0 aliphatic heterocycles. The highest BCUT2D eigenvalue weighted by Gasteiger charge is 2.12. The van der Waals surface area contributed by atoms with Crippen LogP contribution in [-0.4, -0.2) is 33.1 Å². The van der Waals surface area contributed by atoms with Gasteiger partial charge in [0.1, 0.15) is 6.04 Å². The summed E-state index contributed by atoms with van der Waals surface area (Å²) in [5.74, 6) is -1.03. The number of nitrogens with two attached hydrogens (primary N) is 1. The summed E-state index contributed by atoms with van der Waals surface area (Å²) in [5.41, 5.74) is 5.22. The Labute approximate surface area is 81.7 Å². The van der Waals surface area contributed by atoms with Gasteiger partial charge < -0.3 is 20.6 Å². The molecule has 1 atom stereocenters. The molecule has 13 heavy (non-hydrogen) atoms. The number of carbonyl (C=O) groups is 1. The summed E-state index contributed by atoms with van der Waals surface area (Å²) in [6, 6.07) is -0.866. The van der Waals surface area contributed by atoms with Gasteiger partial charge in [-0.15, -0.1) is 0 Å². The monoisotopic (exact) mass is 227 g/mol. The number of aliphatic carboxylic acids is 1. The van der Waals surface area contributed by atoms with Gasteiger partial charge in [0.2, 0.25) is 0 Å². The van der Waals surface area contributed by atoms with Gasteiger partial charge >= 0.3 is 5.97 Å². The lowest BCUT2D eigenvalue weighted by Gasteiger charge is -2.08. The second-order valence-corrected chi connectivity index (χ2v) is 6.36. The Bertz CT molecular complexity index is 217. The first-order valence-corrected chi connectivity index (χ1v) is 6.75. The zero-order valence-corrected chi connectivity index (χ0v) is 8.80. The maximum atomic E-state index is 10.3. The Morgan fingerprint density at radius 1 is 1.46 bits per heavy atom. The van der Waals surface area contributed by atoms with E-state index in [2.05, 4.69) is 11.8 Å². The molecule has 5 nitrogen and oxygen atoms in total. The molecule has 0 rings (SSSR count). The second kappa shape index (κ2) is 5.67. The topological polar surface area (TPSA) is 104 Å². The predicted octanol–water partition coefficient (Wildman–Crippen LogP) is -0.137. The molecule has 5 N–H and O–H groups in total. The van der Waals surface area contributed by atoms with Crippen LogP contribution in [0.1, 0.15) is 19.3 Å². The molecule has 0 aromatic heterocycles. The number of rotatable bonds is 6. The largest absolute Gasteiger partial charge is 0.480 e. The Hall–Kier alpha value is 0. The number of carboxylic acid groups (broad SMARTS) is 1. The van der Waals surface area contributed by atoms with E-state index in [0.717, 1.165) is 0 Å². The Morgan fingerprint density at radius 3 is 2.38 bits per heavy atom. The van der Waals surface area contributed by atoms with E-state index >= 15 is 0 Å². The maximum absolute atomic E-state index is 10.3. The Balaban J connectivity index is 3.47. The molecule has 0 aliphatic carbocycles. The van der Waals surface area contributed by atoms with Crippen LogP contribution in [-0.2, 0) is 16.6 Å². The molecule has 78 valence electrons. The van der Waals surface area contributed by atoms with Crippen molar-refractivity contribution in [2.45, 2.75) is 25.3 Å². The average molecular weight is 227 g/mol. The van der Waals surface area contributed by atoms with Crippen LogP contribution in [0.15, 0.2) is 0 Å². The van der Waals surface area contributed by atoms with E-state index in [4.69, 9.17) is 20.6 Å². The minimum atomic E-state index is -3.10. The molecule has 0 radical (unpaired) electrons. The molecule has 0 fully saturated rings. The van der Waals surface area contributed by atoms with Crippen molar-refractivity contribution in [2.75, 3.05) is 6.16 Å². The summed E-state index contributed by atoms with van der Waals surface area (Å²) in [4.78, 5) is 27.9. The third-order valence-corrected chi connectivity index (χ3v) is 2.98. The van der Waals surface area contributed by atoms with Crippen molar-refractivity contribution in [1.29, 1.82) is 0 Å². The molecule has 7 heteroatoms. The predicted molar refractivity (Wildman–Crippen MR) is 53.1 cm³/mol. The van der Waals surface area contributed by atoms with E-state index in [1.165, 1.54) is 0 Å². The van der Waals surface area contributed by atoms with E-state index in [-0.39, 0.29) is 6.16 Å². The van der Waals surface area contributed by atoms with E-state index in [1.807, 2.05) is 0 Å². The van der Waals surface area contributed by atoms with Gasteiger partial charge in [-0.3, -0.25) is 4.79 Å². The van der Waals surface area contributed by atoms with Crippen molar-refractivity contribution in [3.05, 3.63) is 0 Å². The highest BCUT2D eigenvalue weighted by Crippen LogP contribution is 2.35. The average Bonchev–Trinajstić information content (AvgIpc) is 1.95. The first-order chi connectivity index (χ1) is 5.83. The molecule has 0 bridgehead atoms. The summed E-state index contributed by atoms with van der Waals surface area (Å²) in [5, 5.41) is 8.40. The van der Waals surface area contributed by atoms with Gasteiger partial charge in [-0.05, 0) is 24.6 Å². The lowest BCUT2D eigenvalue weighted by Crippen LogP contribution is -2.29. The highest BCUT2D eigenvalue weighted by atomic mass is 32.5. The van der Waals surface area contributed by atoms with Gasteiger partial charge in [-0.1, -0.05) is 6.42 Å². The summed E-state index contributed by atoms with van der Waals surface area (Å²) in [6.07, 6.45) is 1.55. The SMILES string of the molecule is N[C@H](CCCCP(O)(O)=S)C(=O)O. The van der Waals surface area contributed by atoms with Crippen molar-refractivity contribution in [1.82, 2.24) is 0 Å². The molecule has 0 aliphatic rings. The molecule has 0 amide bonds. The fourth-order valence-electron chi connectivity index (χ4n) is 0.806. The highest BCUT2D eigenvalue weighted by molar-refractivity contribution is 8.09. The molecule has 0 spiro atoms. The van der Waals surface area contributed by atoms with Crippen LogP contribution in [0.4, 0.5) is 0 Å². The zero-order valence-electron chi connectivity index (χ0n) is 7.09. The number of unbranched alkanes of at least 4 members (excludes halogenated alkanes) is 1. The van der Waals surface area contributed by atoms with Crippen LogP contribution in [0.2, 0.25) is 0 Å². The third-order valence-electron chi connectivity index (χ3n) is 1.53. The Kier molecular flexibility index (Phi) is 5.67. The molecule has 0 heterocycles. The lowest BCUT2D eigenvalue weighted by molar-refractivity contribution is -0.138. The minimum absolute atomic E-state index is 0.161. The maximum Gasteiger partial charge on any atom is 0.320 e. The number of hydrogen-bond acceptors (Lipinski definition) is 3. The second-order valence-electron chi connectivity index (χ2n) is 2.83. The van der Waals surface area contributed by atoms with Gasteiger partial charge in [0, 0.05) is 6.16 Å². The van der Waals surface area contributed by atoms with E-state index in [9.17, 15) is 4.79 Å². The van der Waals surface area contributed by atoms with E-state index in [1.54, 1.807) is 0 Å². The standard InChI is InChI=1S/C6H14NO4PS/c7-5(6(8)9)3-1-2-4-12(10,11)13/h5H,1-4,7H2,(H,8,9)(H2,10,11,13)/t5-/m1/s1. The molecular formula is C6H14NO4PS. The Morgan fingerprint density at radius 2 is 2.00 bits per heavy atom. The molecule has 0 aromatic rings. The van der Waals surface area contributed by atoms with Gasteiger partial charge in [0.05, 0.1) is 0 Å². The van der Waals surface area contributed by atoms with Gasteiger partial charge in [-0.25, -0.2) is 0 Å². The molecule has 0 aromatic carbocycles. The zero-order chi connectivity index (χ0) is 10.5. The first-order valence-electron chi connectivity index (χ1n) is 3.86. The van der Waals surface area contributed by atoms with Crippen LogP contribution >= 0.6 is 6.49 Å². The molecule has 0 saturated heterocycles. The summed E-state index contributed by atoms with van der Waals surface area (Å²) in [6.45, 7) is -3.10. The van der Waals surface area contributed by atoms with Crippen LogP contribution in [0.5, 0.6) is 0 Å². The van der Waals surface area contributed by atoms with Gasteiger partial charge in [0.15, 0.2) is 6.49 Å². The summed E-state index contributed by atoms with van der Waals surface area (Å²) < 4.78 is 0.